The number of rotatable bonds is 2. The monoisotopic (exact) mass is 324 g/mol. The fourth-order valence-corrected chi connectivity index (χ4v) is 3.21. The highest BCUT2D eigenvalue weighted by Gasteiger charge is 2.31. The molecule has 0 aliphatic carbocycles. The second-order valence-electron chi connectivity index (χ2n) is 6.62. The highest BCUT2D eigenvalue weighted by atomic mass is 32.1. The van der Waals surface area contributed by atoms with E-state index >= 15 is 0 Å². The highest BCUT2D eigenvalue weighted by Crippen LogP contribution is 2.20. The van der Waals surface area contributed by atoms with E-state index in [0.29, 0.717) is 13.1 Å². The van der Waals surface area contributed by atoms with Crippen LogP contribution in [0.5, 0.6) is 0 Å². The van der Waals surface area contributed by atoms with Gasteiger partial charge in [-0.15, -0.1) is 11.3 Å². The molecule has 2 amide bonds. The van der Waals surface area contributed by atoms with Crippen molar-refractivity contribution in [3.8, 4) is 0 Å². The van der Waals surface area contributed by atoms with Gasteiger partial charge in [0.25, 0.3) is 5.91 Å². The number of carbonyl (C=O) groups excluding carboxylic acids is 2. The van der Waals surface area contributed by atoms with Crippen LogP contribution in [-0.2, 0) is 4.74 Å². The van der Waals surface area contributed by atoms with E-state index in [4.69, 9.17) is 4.74 Å². The van der Waals surface area contributed by atoms with Gasteiger partial charge in [-0.1, -0.05) is 6.07 Å². The van der Waals surface area contributed by atoms with Gasteiger partial charge in [-0.05, 0) is 45.1 Å². The van der Waals surface area contributed by atoms with Crippen LogP contribution >= 0.6 is 11.3 Å². The maximum Gasteiger partial charge on any atom is 0.410 e. The normalized spacial score (nSPS) is 18.9. The highest BCUT2D eigenvalue weighted by molar-refractivity contribution is 7.12. The maximum absolute atomic E-state index is 12.4. The molecular weight excluding hydrogens is 300 g/mol. The molecule has 1 saturated heterocycles. The van der Waals surface area contributed by atoms with Crippen LogP contribution in [0, 0.1) is 0 Å². The molecule has 0 N–H and O–H groups in total. The zero-order valence-corrected chi connectivity index (χ0v) is 14.5. The summed E-state index contributed by atoms with van der Waals surface area (Å²) in [5.74, 6) is 0.0195. The molecule has 1 atom stereocenters. The molecule has 122 valence electrons. The molecule has 5 nitrogen and oxygen atoms in total. The third-order valence-electron chi connectivity index (χ3n) is 3.65. The quantitative estimate of drug-likeness (QED) is 0.839. The molecule has 6 heteroatoms. The number of nitrogens with zero attached hydrogens (tertiary/aromatic N) is 2. The number of likely N-dealkylation sites (tertiary alicyclic amines) is 1. The van der Waals surface area contributed by atoms with Crippen molar-refractivity contribution in [3.63, 3.8) is 0 Å². The molecule has 1 aromatic rings. The molecular formula is C16H24N2O3S. The molecule has 2 heterocycles. The number of hydrogen-bond donors (Lipinski definition) is 0. The molecule has 22 heavy (non-hydrogen) atoms. The SMILES string of the molecule is CN(C(=O)c1cccs1)C1CCCN(C(=O)OC(C)(C)C)C1. The van der Waals surface area contributed by atoms with Crippen molar-refractivity contribution >= 4 is 23.3 Å². The van der Waals surface area contributed by atoms with E-state index in [1.807, 2.05) is 45.3 Å². The van der Waals surface area contributed by atoms with Gasteiger partial charge in [0.05, 0.1) is 4.88 Å². The summed E-state index contributed by atoms with van der Waals surface area (Å²) in [5, 5.41) is 1.90. The summed E-state index contributed by atoms with van der Waals surface area (Å²) in [7, 11) is 1.81. The van der Waals surface area contributed by atoms with Gasteiger partial charge >= 0.3 is 6.09 Å². The Kier molecular flexibility index (Phi) is 5.11. The lowest BCUT2D eigenvalue weighted by Crippen LogP contribution is -2.51. The van der Waals surface area contributed by atoms with E-state index in [1.165, 1.54) is 11.3 Å². The molecule has 0 aromatic carbocycles. The van der Waals surface area contributed by atoms with Gasteiger partial charge in [0.2, 0.25) is 0 Å². The number of likely N-dealkylation sites (N-methyl/N-ethyl adjacent to an activating group) is 1. The van der Waals surface area contributed by atoms with Crippen LogP contribution in [0.3, 0.4) is 0 Å². The molecule has 0 radical (unpaired) electrons. The Morgan fingerprint density at radius 3 is 2.73 bits per heavy atom. The molecule has 0 saturated carbocycles. The molecule has 1 fully saturated rings. The summed E-state index contributed by atoms with van der Waals surface area (Å²) in [6, 6.07) is 3.74. The van der Waals surface area contributed by atoms with Crippen molar-refractivity contribution in [3.05, 3.63) is 22.4 Å². The summed E-state index contributed by atoms with van der Waals surface area (Å²) in [4.78, 5) is 28.8. The molecule has 2 rings (SSSR count). The molecule has 1 aliphatic rings. The van der Waals surface area contributed by atoms with E-state index in [9.17, 15) is 9.59 Å². The average molecular weight is 324 g/mol. The largest absolute Gasteiger partial charge is 0.444 e. The molecule has 0 bridgehead atoms. The van der Waals surface area contributed by atoms with Crippen molar-refractivity contribution in [1.29, 1.82) is 0 Å². The van der Waals surface area contributed by atoms with E-state index in [-0.39, 0.29) is 18.0 Å². The van der Waals surface area contributed by atoms with Crippen LogP contribution < -0.4 is 0 Å². The van der Waals surface area contributed by atoms with E-state index < -0.39 is 5.60 Å². The Balaban J connectivity index is 1.98. The number of thiophene rings is 1. The Morgan fingerprint density at radius 1 is 1.41 bits per heavy atom. The summed E-state index contributed by atoms with van der Waals surface area (Å²) >= 11 is 1.44. The average Bonchev–Trinajstić information content (AvgIpc) is 2.98. The first-order valence-electron chi connectivity index (χ1n) is 7.56. The molecule has 0 spiro atoms. The van der Waals surface area contributed by atoms with Gasteiger partial charge in [0.15, 0.2) is 0 Å². The molecule has 1 aromatic heterocycles. The lowest BCUT2D eigenvalue weighted by atomic mass is 10.0. The van der Waals surface area contributed by atoms with Gasteiger partial charge in [-0.25, -0.2) is 4.79 Å². The second-order valence-corrected chi connectivity index (χ2v) is 7.56. The Morgan fingerprint density at radius 2 is 2.14 bits per heavy atom. The first kappa shape index (κ1) is 16.8. The topological polar surface area (TPSA) is 49.9 Å². The van der Waals surface area contributed by atoms with Gasteiger partial charge in [0.1, 0.15) is 5.60 Å². The number of ether oxygens (including phenoxy) is 1. The van der Waals surface area contributed by atoms with Crippen LogP contribution in [-0.4, -0.2) is 53.6 Å². The summed E-state index contributed by atoms with van der Waals surface area (Å²) < 4.78 is 5.42. The van der Waals surface area contributed by atoms with Crippen molar-refractivity contribution in [1.82, 2.24) is 9.80 Å². The van der Waals surface area contributed by atoms with Crippen LogP contribution in [0.4, 0.5) is 4.79 Å². The summed E-state index contributed by atoms with van der Waals surface area (Å²) in [6.07, 6.45) is 1.49. The zero-order valence-electron chi connectivity index (χ0n) is 13.7. The molecule has 1 unspecified atom stereocenters. The standard InChI is InChI=1S/C16H24N2O3S/c1-16(2,3)21-15(20)18-9-5-7-12(11-18)17(4)14(19)13-8-6-10-22-13/h6,8,10,12H,5,7,9,11H2,1-4H3. The van der Waals surface area contributed by atoms with Gasteiger partial charge < -0.3 is 14.5 Å². The van der Waals surface area contributed by atoms with Gasteiger partial charge in [-0.3, -0.25) is 4.79 Å². The minimum atomic E-state index is -0.497. The predicted octanol–water partition coefficient (Wildman–Crippen LogP) is 3.22. The first-order chi connectivity index (χ1) is 10.3. The van der Waals surface area contributed by atoms with Gasteiger partial charge in [-0.2, -0.15) is 0 Å². The van der Waals surface area contributed by atoms with Crippen molar-refractivity contribution in [2.75, 3.05) is 20.1 Å². The third kappa shape index (κ3) is 4.22. The molecule has 1 aliphatic heterocycles. The minimum Gasteiger partial charge on any atom is -0.444 e. The number of amides is 2. The van der Waals surface area contributed by atoms with Crippen molar-refractivity contribution < 1.29 is 14.3 Å². The third-order valence-corrected chi connectivity index (χ3v) is 4.51. The Bertz CT molecular complexity index is 522. The Labute approximate surface area is 135 Å². The predicted molar refractivity (Wildman–Crippen MR) is 87.2 cm³/mol. The van der Waals surface area contributed by atoms with E-state index in [2.05, 4.69) is 0 Å². The zero-order chi connectivity index (χ0) is 16.3. The summed E-state index contributed by atoms with van der Waals surface area (Å²) in [5.41, 5.74) is -0.497. The van der Waals surface area contributed by atoms with Crippen LogP contribution in [0.15, 0.2) is 17.5 Å². The Hall–Kier alpha value is -1.56. The lowest BCUT2D eigenvalue weighted by Gasteiger charge is -2.38. The van der Waals surface area contributed by atoms with Crippen LogP contribution in [0.25, 0.3) is 0 Å². The van der Waals surface area contributed by atoms with Crippen LogP contribution in [0.1, 0.15) is 43.3 Å². The van der Waals surface area contributed by atoms with Crippen LogP contribution in [0.2, 0.25) is 0 Å². The van der Waals surface area contributed by atoms with Crippen molar-refractivity contribution in [2.24, 2.45) is 0 Å². The minimum absolute atomic E-state index is 0.0195. The van der Waals surface area contributed by atoms with E-state index in [1.54, 1.807) is 9.80 Å². The fraction of sp³-hybridized carbons (Fsp3) is 0.625. The fourth-order valence-electron chi connectivity index (χ4n) is 2.50. The number of hydrogen-bond acceptors (Lipinski definition) is 4. The summed E-state index contributed by atoms with van der Waals surface area (Å²) in [6.45, 7) is 6.80. The maximum atomic E-state index is 12.4. The second kappa shape index (κ2) is 6.69. The van der Waals surface area contributed by atoms with Crippen molar-refractivity contribution in [2.45, 2.75) is 45.3 Å². The lowest BCUT2D eigenvalue weighted by molar-refractivity contribution is 0.0123. The number of carbonyl (C=O) groups is 2. The first-order valence-corrected chi connectivity index (χ1v) is 8.44. The smallest absolute Gasteiger partial charge is 0.410 e. The van der Waals surface area contributed by atoms with Gasteiger partial charge in [0, 0.05) is 26.2 Å². The van der Waals surface area contributed by atoms with E-state index in [0.717, 1.165) is 17.7 Å². The number of piperidine rings is 1.